The number of carbonyl (C=O) groups is 2. The summed E-state index contributed by atoms with van der Waals surface area (Å²) in [4.78, 5) is 25.4. The first kappa shape index (κ1) is 16.1. The lowest BCUT2D eigenvalue weighted by atomic mass is 9.80. The third kappa shape index (κ3) is 3.89. The molecule has 2 amide bonds. The fraction of sp³-hybridized carbons (Fsp3) is 0.875. The van der Waals surface area contributed by atoms with E-state index in [-0.39, 0.29) is 17.9 Å². The Hall–Kier alpha value is -1.26. The van der Waals surface area contributed by atoms with Gasteiger partial charge in [-0.1, -0.05) is 33.6 Å². The number of rotatable bonds is 3. The van der Waals surface area contributed by atoms with Crippen LogP contribution in [-0.2, 0) is 4.79 Å². The minimum atomic E-state index is -0.828. The summed E-state index contributed by atoms with van der Waals surface area (Å²) in [6, 6.07) is -0.0788. The van der Waals surface area contributed by atoms with E-state index in [0.717, 1.165) is 45.2 Å². The summed E-state index contributed by atoms with van der Waals surface area (Å²) in [5.41, 5.74) is -0.316. The molecule has 1 aliphatic heterocycles. The molecule has 2 rings (SSSR count). The normalized spacial score (nSPS) is 25.1. The fourth-order valence-electron chi connectivity index (χ4n) is 3.64. The Balaban J connectivity index is 1.96. The third-order valence-electron chi connectivity index (χ3n) is 5.12. The maximum absolute atomic E-state index is 12.5. The second-order valence-corrected chi connectivity index (χ2v) is 7.79. The van der Waals surface area contributed by atoms with Crippen LogP contribution in [-0.4, -0.2) is 40.6 Å². The summed E-state index contributed by atoms with van der Waals surface area (Å²) in [6.45, 7) is 8.18. The van der Waals surface area contributed by atoms with Gasteiger partial charge < -0.3 is 15.3 Å². The van der Waals surface area contributed by atoms with Gasteiger partial charge in [-0.05, 0) is 30.6 Å². The van der Waals surface area contributed by atoms with Crippen LogP contribution in [0.2, 0.25) is 0 Å². The molecule has 5 nitrogen and oxygen atoms in total. The Morgan fingerprint density at radius 1 is 1.29 bits per heavy atom. The maximum Gasteiger partial charge on any atom is 0.317 e. The number of carboxylic acids is 1. The molecule has 1 heterocycles. The Labute approximate surface area is 127 Å². The van der Waals surface area contributed by atoms with E-state index in [2.05, 4.69) is 26.1 Å². The van der Waals surface area contributed by atoms with Gasteiger partial charge in [0, 0.05) is 13.1 Å². The second-order valence-electron chi connectivity index (χ2n) is 7.79. The molecule has 0 bridgehead atoms. The van der Waals surface area contributed by atoms with Gasteiger partial charge in [0.1, 0.15) is 0 Å². The van der Waals surface area contributed by atoms with E-state index in [4.69, 9.17) is 5.11 Å². The monoisotopic (exact) mass is 296 g/mol. The minimum Gasteiger partial charge on any atom is -0.481 e. The van der Waals surface area contributed by atoms with Crippen molar-refractivity contribution < 1.29 is 14.7 Å². The number of nitrogens with zero attached hydrogens (tertiary/aromatic N) is 1. The van der Waals surface area contributed by atoms with Gasteiger partial charge in [-0.25, -0.2) is 4.79 Å². The van der Waals surface area contributed by atoms with Crippen LogP contribution in [0.4, 0.5) is 4.79 Å². The number of aliphatic carboxylic acids is 1. The molecule has 2 fully saturated rings. The highest BCUT2D eigenvalue weighted by Crippen LogP contribution is 2.35. The fourth-order valence-corrected chi connectivity index (χ4v) is 3.64. The van der Waals surface area contributed by atoms with Crippen LogP contribution >= 0.6 is 0 Å². The molecule has 0 spiro atoms. The Kier molecular flexibility index (Phi) is 4.49. The van der Waals surface area contributed by atoms with Gasteiger partial charge in [-0.2, -0.15) is 0 Å². The highest BCUT2D eigenvalue weighted by molar-refractivity contribution is 5.77. The summed E-state index contributed by atoms with van der Waals surface area (Å²) >= 11 is 0. The van der Waals surface area contributed by atoms with Crippen molar-refractivity contribution in [3.63, 3.8) is 0 Å². The first-order chi connectivity index (χ1) is 9.72. The average Bonchev–Trinajstić information content (AvgIpc) is 2.95. The van der Waals surface area contributed by atoms with Gasteiger partial charge in [-0.15, -0.1) is 0 Å². The van der Waals surface area contributed by atoms with Crippen LogP contribution in [0.25, 0.3) is 0 Å². The molecule has 2 aliphatic rings. The highest BCUT2D eigenvalue weighted by atomic mass is 16.4. The van der Waals surface area contributed by atoms with Crippen molar-refractivity contribution >= 4 is 12.0 Å². The first-order valence-corrected chi connectivity index (χ1v) is 8.01. The minimum absolute atomic E-state index is 0.0370. The van der Waals surface area contributed by atoms with Crippen LogP contribution < -0.4 is 5.32 Å². The molecule has 0 radical (unpaired) electrons. The lowest BCUT2D eigenvalue weighted by Gasteiger charge is -2.32. The molecule has 1 unspecified atom stereocenters. The highest BCUT2D eigenvalue weighted by Gasteiger charge is 2.40. The number of hydrogen-bond acceptors (Lipinski definition) is 2. The molecule has 1 aliphatic carbocycles. The molecule has 21 heavy (non-hydrogen) atoms. The molecule has 2 N–H and O–H groups in total. The number of nitrogens with one attached hydrogen (secondary N) is 1. The molecular formula is C16H28N2O3. The SMILES string of the molecule is CC(C)(C)C1CCN(C(=O)NC2(CC(=O)O)CCCC2)C1. The molecule has 5 heteroatoms. The molecule has 1 saturated carbocycles. The van der Waals surface area contributed by atoms with Gasteiger partial charge in [-0.3, -0.25) is 4.79 Å². The zero-order valence-electron chi connectivity index (χ0n) is 13.4. The van der Waals surface area contributed by atoms with Crippen LogP contribution in [0.1, 0.15) is 59.3 Å². The van der Waals surface area contributed by atoms with Crippen LogP contribution in [0.15, 0.2) is 0 Å². The van der Waals surface area contributed by atoms with E-state index in [9.17, 15) is 9.59 Å². The van der Waals surface area contributed by atoms with Crippen LogP contribution in [0, 0.1) is 11.3 Å². The van der Waals surface area contributed by atoms with E-state index in [1.54, 1.807) is 0 Å². The second kappa shape index (κ2) is 5.85. The molecule has 0 aromatic carbocycles. The van der Waals surface area contributed by atoms with Gasteiger partial charge >= 0.3 is 12.0 Å². The van der Waals surface area contributed by atoms with Gasteiger partial charge in [0.15, 0.2) is 0 Å². The van der Waals surface area contributed by atoms with E-state index in [0.29, 0.717) is 5.92 Å². The van der Waals surface area contributed by atoms with Crippen molar-refractivity contribution in [3.8, 4) is 0 Å². The van der Waals surface area contributed by atoms with Crippen molar-refractivity contribution in [1.29, 1.82) is 0 Å². The third-order valence-corrected chi connectivity index (χ3v) is 5.12. The zero-order valence-corrected chi connectivity index (χ0v) is 13.4. The lowest BCUT2D eigenvalue weighted by molar-refractivity contribution is -0.138. The van der Waals surface area contributed by atoms with Gasteiger partial charge in [0.2, 0.25) is 0 Å². The smallest absolute Gasteiger partial charge is 0.317 e. The standard InChI is InChI=1S/C16H28N2O3/c1-15(2,3)12-6-9-18(11-12)14(21)17-16(10-13(19)20)7-4-5-8-16/h12H,4-11H2,1-3H3,(H,17,21)(H,19,20). The largest absolute Gasteiger partial charge is 0.481 e. The Morgan fingerprint density at radius 2 is 1.90 bits per heavy atom. The zero-order chi connectivity index (χ0) is 15.7. The summed E-state index contributed by atoms with van der Waals surface area (Å²) in [5, 5.41) is 12.1. The van der Waals surface area contributed by atoms with Crippen molar-refractivity contribution in [2.75, 3.05) is 13.1 Å². The van der Waals surface area contributed by atoms with Crippen molar-refractivity contribution in [3.05, 3.63) is 0 Å². The molecule has 120 valence electrons. The molecule has 0 aromatic heterocycles. The van der Waals surface area contributed by atoms with Crippen molar-refractivity contribution in [2.45, 2.75) is 64.8 Å². The van der Waals surface area contributed by atoms with Gasteiger partial charge in [0.25, 0.3) is 0 Å². The molecule has 1 saturated heterocycles. The van der Waals surface area contributed by atoms with Crippen LogP contribution in [0.3, 0.4) is 0 Å². The number of likely N-dealkylation sites (tertiary alicyclic amines) is 1. The van der Waals surface area contributed by atoms with Crippen molar-refractivity contribution in [1.82, 2.24) is 10.2 Å². The number of hydrogen-bond donors (Lipinski definition) is 2. The van der Waals surface area contributed by atoms with E-state index < -0.39 is 11.5 Å². The summed E-state index contributed by atoms with van der Waals surface area (Å²) < 4.78 is 0. The summed E-state index contributed by atoms with van der Waals surface area (Å²) in [7, 11) is 0. The Morgan fingerprint density at radius 3 is 2.38 bits per heavy atom. The van der Waals surface area contributed by atoms with E-state index >= 15 is 0 Å². The number of carboxylic acid groups (broad SMARTS) is 1. The van der Waals surface area contributed by atoms with E-state index in [1.165, 1.54) is 0 Å². The quantitative estimate of drug-likeness (QED) is 0.841. The summed E-state index contributed by atoms with van der Waals surface area (Å²) in [6.07, 6.45) is 4.62. The topological polar surface area (TPSA) is 69.6 Å². The average molecular weight is 296 g/mol. The predicted molar refractivity (Wildman–Crippen MR) is 81.1 cm³/mol. The summed E-state index contributed by atoms with van der Waals surface area (Å²) in [5.74, 6) is -0.312. The number of amides is 2. The molecule has 0 aromatic rings. The van der Waals surface area contributed by atoms with Crippen molar-refractivity contribution in [2.24, 2.45) is 11.3 Å². The number of carbonyl (C=O) groups excluding carboxylic acids is 1. The van der Waals surface area contributed by atoms with Gasteiger partial charge in [0.05, 0.1) is 12.0 Å². The molecular weight excluding hydrogens is 268 g/mol. The lowest BCUT2D eigenvalue weighted by Crippen LogP contribution is -2.52. The number of urea groups is 1. The van der Waals surface area contributed by atoms with E-state index in [1.807, 2.05) is 4.90 Å². The maximum atomic E-state index is 12.5. The van der Waals surface area contributed by atoms with Crippen LogP contribution in [0.5, 0.6) is 0 Å². The predicted octanol–water partition coefficient (Wildman–Crippen LogP) is 2.85. The Bertz CT molecular complexity index is 408. The molecule has 1 atom stereocenters. The first-order valence-electron chi connectivity index (χ1n) is 8.01.